The molecule has 12 heavy (non-hydrogen) atoms. The third-order valence-electron chi connectivity index (χ3n) is 1.39. The first kappa shape index (κ1) is 8.98. The van der Waals surface area contributed by atoms with Gasteiger partial charge in [-0.1, -0.05) is 0 Å². The molecule has 1 aromatic rings. The lowest BCUT2D eigenvalue weighted by Crippen LogP contribution is -2.18. The van der Waals surface area contributed by atoms with E-state index in [1.54, 1.807) is 6.92 Å². The number of nitrogens with two attached hydrogens (primary N) is 1. The van der Waals surface area contributed by atoms with Crippen molar-refractivity contribution >= 4 is 18.5 Å². The highest BCUT2D eigenvalue weighted by Gasteiger charge is 2.12. The van der Waals surface area contributed by atoms with Crippen molar-refractivity contribution in [2.24, 2.45) is 5.73 Å². The second-order valence-corrected chi connectivity index (χ2v) is 2.84. The average molecular weight is 187 g/mol. The Morgan fingerprint density at radius 1 is 1.83 bits per heavy atom. The molecule has 6 nitrogen and oxygen atoms in total. The molecule has 1 amide bonds. The number of rotatable bonds is 3. The molecule has 1 atom stereocenters. The molecule has 0 aliphatic rings. The fourth-order valence-electron chi connectivity index (χ4n) is 0.852. The Morgan fingerprint density at radius 3 is 2.92 bits per heavy atom. The summed E-state index contributed by atoms with van der Waals surface area (Å²) in [6.07, 6.45) is 0.207. The molecule has 0 bridgehead atoms. The molecule has 1 rings (SSSR count). The van der Waals surface area contributed by atoms with E-state index in [2.05, 4.69) is 28.2 Å². The van der Waals surface area contributed by atoms with Gasteiger partial charge in [0.15, 0.2) is 0 Å². The lowest BCUT2D eigenvalue weighted by molar-refractivity contribution is -0.118. The summed E-state index contributed by atoms with van der Waals surface area (Å²) >= 11 is 3.99. The monoisotopic (exact) mass is 187 g/mol. The van der Waals surface area contributed by atoms with E-state index in [4.69, 9.17) is 5.73 Å². The first-order valence-electron chi connectivity index (χ1n) is 3.36. The minimum absolute atomic E-state index is 0.148. The van der Waals surface area contributed by atoms with E-state index in [0.29, 0.717) is 5.16 Å². The van der Waals surface area contributed by atoms with Crippen LogP contribution in [0.15, 0.2) is 5.16 Å². The number of aromatic nitrogens is 4. The number of tetrazole rings is 1. The topological polar surface area (TPSA) is 86.7 Å². The van der Waals surface area contributed by atoms with Crippen LogP contribution in [0.3, 0.4) is 0 Å². The van der Waals surface area contributed by atoms with Crippen molar-refractivity contribution in [3.05, 3.63) is 0 Å². The van der Waals surface area contributed by atoms with Crippen molar-refractivity contribution in [2.75, 3.05) is 0 Å². The molecule has 1 unspecified atom stereocenters. The summed E-state index contributed by atoms with van der Waals surface area (Å²) in [6.45, 7) is 1.79. The number of carbonyl (C=O) groups is 1. The van der Waals surface area contributed by atoms with Crippen LogP contribution in [0.5, 0.6) is 0 Å². The van der Waals surface area contributed by atoms with Crippen molar-refractivity contribution in [1.82, 2.24) is 20.2 Å². The van der Waals surface area contributed by atoms with Crippen LogP contribution >= 0.6 is 12.6 Å². The summed E-state index contributed by atoms with van der Waals surface area (Å²) in [5.74, 6) is -0.384. The first-order chi connectivity index (χ1) is 5.61. The molecule has 0 radical (unpaired) electrons. The van der Waals surface area contributed by atoms with Gasteiger partial charge in [0.05, 0.1) is 6.04 Å². The van der Waals surface area contributed by atoms with E-state index in [-0.39, 0.29) is 18.4 Å². The smallest absolute Gasteiger partial charge is 0.219 e. The minimum Gasteiger partial charge on any atom is -0.370 e. The quantitative estimate of drug-likeness (QED) is 0.618. The van der Waals surface area contributed by atoms with Gasteiger partial charge >= 0.3 is 0 Å². The molecule has 1 aromatic heterocycles. The van der Waals surface area contributed by atoms with Gasteiger partial charge in [-0.25, -0.2) is 4.68 Å². The van der Waals surface area contributed by atoms with Crippen LogP contribution in [0.1, 0.15) is 19.4 Å². The molecule has 0 fully saturated rings. The molecule has 0 saturated carbocycles. The molecule has 7 heteroatoms. The summed E-state index contributed by atoms with van der Waals surface area (Å²) in [7, 11) is 0. The molecular weight excluding hydrogens is 178 g/mol. The van der Waals surface area contributed by atoms with Gasteiger partial charge < -0.3 is 5.73 Å². The molecular formula is C5H9N5OS. The Morgan fingerprint density at radius 2 is 2.50 bits per heavy atom. The highest BCUT2D eigenvalue weighted by Crippen LogP contribution is 2.11. The Bertz CT molecular complexity index is 285. The molecule has 0 aliphatic carbocycles. The zero-order valence-electron chi connectivity index (χ0n) is 6.51. The molecule has 0 aromatic carbocycles. The second-order valence-electron chi connectivity index (χ2n) is 2.44. The third-order valence-corrected chi connectivity index (χ3v) is 1.68. The highest BCUT2D eigenvalue weighted by atomic mass is 32.1. The van der Waals surface area contributed by atoms with Crippen molar-refractivity contribution in [2.45, 2.75) is 24.5 Å². The van der Waals surface area contributed by atoms with Gasteiger partial charge in [-0.3, -0.25) is 4.79 Å². The zero-order chi connectivity index (χ0) is 9.14. The van der Waals surface area contributed by atoms with Crippen LogP contribution in [-0.2, 0) is 4.79 Å². The Hall–Kier alpha value is -1.11. The van der Waals surface area contributed by atoms with Crippen molar-refractivity contribution in [1.29, 1.82) is 0 Å². The number of nitrogens with zero attached hydrogens (tertiary/aromatic N) is 4. The van der Waals surface area contributed by atoms with Crippen molar-refractivity contribution in [3.63, 3.8) is 0 Å². The van der Waals surface area contributed by atoms with Gasteiger partial charge in [-0.15, -0.1) is 17.7 Å². The normalized spacial score (nSPS) is 12.8. The molecule has 0 aliphatic heterocycles. The fraction of sp³-hybridized carbons (Fsp3) is 0.600. The maximum absolute atomic E-state index is 10.5. The van der Waals surface area contributed by atoms with Crippen LogP contribution in [-0.4, -0.2) is 26.1 Å². The predicted molar refractivity (Wildman–Crippen MR) is 43.6 cm³/mol. The van der Waals surface area contributed by atoms with Gasteiger partial charge in [0, 0.05) is 6.42 Å². The number of hydrogen-bond donors (Lipinski definition) is 2. The summed E-state index contributed by atoms with van der Waals surface area (Å²) in [5.41, 5.74) is 5.00. The van der Waals surface area contributed by atoms with E-state index in [1.165, 1.54) is 4.68 Å². The van der Waals surface area contributed by atoms with Gasteiger partial charge in [0.1, 0.15) is 0 Å². The minimum atomic E-state index is -0.384. The number of primary amides is 1. The first-order valence-corrected chi connectivity index (χ1v) is 3.81. The summed E-state index contributed by atoms with van der Waals surface area (Å²) < 4.78 is 1.44. The van der Waals surface area contributed by atoms with Crippen molar-refractivity contribution in [3.8, 4) is 0 Å². The average Bonchev–Trinajstić information content (AvgIpc) is 2.33. The van der Waals surface area contributed by atoms with Gasteiger partial charge in [0.2, 0.25) is 11.1 Å². The third kappa shape index (κ3) is 1.94. The van der Waals surface area contributed by atoms with Crippen LogP contribution in [0.25, 0.3) is 0 Å². The fourth-order valence-corrected chi connectivity index (χ4v) is 1.13. The zero-order valence-corrected chi connectivity index (χ0v) is 7.40. The van der Waals surface area contributed by atoms with E-state index in [1.807, 2.05) is 0 Å². The van der Waals surface area contributed by atoms with E-state index in [9.17, 15) is 4.79 Å². The van der Waals surface area contributed by atoms with Gasteiger partial charge in [0.25, 0.3) is 0 Å². The summed E-state index contributed by atoms with van der Waals surface area (Å²) in [4.78, 5) is 10.5. The summed E-state index contributed by atoms with van der Waals surface area (Å²) in [5, 5.41) is 11.0. The number of thiol groups is 1. The Balaban J connectivity index is 2.71. The van der Waals surface area contributed by atoms with Crippen LogP contribution in [0.4, 0.5) is 0 Å². The highest BCUT2D eigenvalue weighted by molar-refractivity contribution is 7.80. The van der Waals surface area contributed by atoms with Gasteiger partial charge in [-0.05, 0) is 17.4 Å². The SMILES string of the molecule is CC(CC(N)=O)n1nnnc1S. The number of amides is 1. The van der Waals surface area contributed by atoms with Crippen LogP contribution < -0.4 is 5.73 Å². The maximum atomic E-state index is 10.5. The molecule has 66 valence electrons. The molecule has 2 N–H and O–H groups in total. The molecule has 1 heterocycles. The standard InChI is InChI=1S/C5H9N5OS/c1-3(2-4(6)11)10-5(12)7-8-9-10/h3H,2H2,1H3,(H2,6,11)(H,7,9,12). The van der Waals surface area contributed by atoms with E-state index < -0.39 is 0 Å². The lowest BCUT2D eigenvalue weighted by atomic mass is 10.2. The van der Waals surface area contributed by atoms with E-state index >= 15 is 0 Å². The number of carbonyl (C=O) groups excluding carboxylic acids is 1. The lowest BCUT2D eigenvalue weighted by Gasteiger charge is -2.08. The predicted octanol–water partition coefficient (Wildman–Crippen LogP) is -0.602. The number of hydrogen-bond acceptors (Lipinski definition) is 5. The Kier molecular flexibility index (Phi) is 2.64. The Labute approximate surface area is 74.5 Å². The molecule has 0 spiro atoms. The van der Waals surface area contributed by atoms with Crippen molar-refractivity contribution < 1.29 is 4.79 Å². The summed E-state index contributed by atoms with van der Waals surface area (Å²) in [6, 6.07) is -0.148. The maximum Gasteiger partial charge on any atom is 0.219 e. The van der Waals surface area contributed by atoms with Crippen LogP contribution in [0.2, 0.25) is 0 Å². The second kappa shape index (κ2) is 3.53. The van der Waals surface area contributed by atoms with E-state index in [0.717, 1.165) is 0 Å². The largest absolute Gasteiger partial charge is 0.370 e. The molecule has 0 saturated heterocycles. The van der Waals surface area contributed by atoms with Crippen LogP contribution in [0, 0.1) is 0 Å². The van der Waals surface area contributed by atoms with Gasteiger partial charge in [-0.2, -0.15) is 0 Å².